The average Bonchev–Trinajstić information content (AvgIpc) is 2.53. The first-order valence-electron chi connectivity index (χ1n) is 8.00. The Morgan fingerprint density at radius 3 is 2.30 bits per heavy atom. The van der Waals surface area contributed by atoms with Crippen LogP contribution in [0.15, 0.2) is 24.3 Å². The third-order valence-corrected chi connectivity index (χ3v) is 4.65. The van der Waals surface area contributed by atoms with E-state index in [-0.39, 0.29) is 6.04 Å². The van der Waals surface area contributed by atoms with Crippen LogP contribution in [0.4, 0.5) is 5.69 Å². The van der Waals surface area contributed by atoms with Crippen LogP contribution >= 0.6 is 0 Å². The highest BCUT2D eigenvalue weighted by molar-refractivity contribution is 5.55. The van der Waals surface area contributed by atoms with Crippen LogP contribution in [0.3, 0.4) is 0 Å². The molecular formula is C17H29N3. The highest BCUT2D eigenvalue weighted by atomic mass is 15.3. The van der Waals surface area contributed by atoms with Crippen LogP contribution in [0.5, 0.6) is 0 Å². The van der Waals surface area contributed by atoms with Crippen LogP contribution < -0.4 is 10.6 Å². The van der Waals surface area contributed by atoms with Crippen molar-refractivity contribution >= 4 is 5.69 Å². The zero-order chi connectivity index (χ0) is 14.5. The predicted molar refractivity (Wildman–Crippen MR) is 87.2 cm³/mol. The van der Waals surface area contributed by atoms with Gasteiger partial charge in [-0.25, -0.2) is 0 Å². The molecule has 112 valence electrons. The van der Waals surface area contributed by atoms with Gasteiger partial charge in [0.2, 0.25) is 0 Å². The molecule has 3 heteroatoms. The van der Waals surface area contributed by atoms with Crippen molar-refractivity contribution in [2.24, 2.45) is 5.73 Å². The number of rotatable bonds is 5. The zero-order valence-electron chi connectivity index (χ0n) is 13.2. The second-order valence-corrected chi connectivity index (χ2v) is 5.85. The van der Waals surface area contributed by atoms with Crippen LogP contribution in [0.25, 0.3) is 0 Å². The SMILES string of the molecule is CCC(C)N1CCN(c2ccccc2[C@@H](N)CC)CC1. The summed E-state index contributed by atoms with van der Waals surface area (Å²) in [4.78, 5) is 5.10. The van der Waals surface area contributed by atoms with E-state index < -0.39 is 0 Å². The maximum atomic E-state index is 6.26. The number of nitrogens with two attached hydrogens (primary N) is 1. The second kappa shape index (κ2) is 7.09. The van der Waals surface area contributed by atoms with Crippen LogP contribution in [0, 0.1) is 0 Å². The van der Waals surface area contributed by atoms with Crippen LogP contribution in [-0.2, 0) is 0 Å². The Labute approximate surface area is 123 Å². The van der Waals surface area contributed by atoms with Gasteiger partial charge in [-0.15, -0.1) is 0 Å². The van der Waals surface area contributed by atoms with Crippen molar-refractivity contribution < 1.29 is 0 Å². The molecule has 0 amide bonds. The number of para-hydroxylation sites is 1. The smallest absolute Gasteiger partial charge is 0.0415 e. The molecular weight excluding hydrogens is 246 g/mol. The van der Waals surface area contributed by atoms with Gasteiger partial charge in [-0.1, -0.05) is 32.0 Å². The fourth-order valence-electron chi connectivity index (χ4n) is 2.97. The summed E-state index contributed by atoms with van der Waals surface area (Å²) < 4.78 is 0. The minimum Gasteiger partial charge on any atom is -0.369 e. The van der Waals surface area contributed by atoms with Gasteiger partial charge in [0.15, 0.2) is 0 Å². The molecule has 0 aliphatic carbocycles. The van der Waals surface area contributed by atoms with Crippen molar-refractivity contribution in [3.05, 3.63) is 29.8 Å². The Hall–Kier alpha value is -1.06. The van der Waals surface area contributed by atoms with Gasteiger partial charge in [0.05, 0.1) is 0 Å². The topological polar surface area (TPSA) is 32.5 Å². The molecule has 2 rings (SSSR count). The summed E-state index contributed by atoms with van der Waals surface area (Å²) in [6, 6.07) is 9.49. The van der Waals surface area contributed by atoms with E-state index in [1.807, 2.05) is 0 Å². The van der Waals surface area contributed by atoms with E-state index in [1.54, 1.807) is 0 Å². The van der Waals surface area contributed by atoms with Crippen molar-refractivity contribution in [3.63, 3.8) is 0 Å². The van der Waals surface area contributed by atoms with Gasteiger partial charge in [-0.3, -0.25) is 4.90 Å². The molecule has 1 aliphatic rings. The van der Waals surface area contributed by atoms with Gasteiger partial charge in [0.25, 0.3) is 0 Å². The molecule has 2 atom stereocenters. The van der Waals surface area contributed by atoms with Gasteiger partial charge >= 0.3 is 0 Å². The Bertz CT molecular complexity index is 410. The maximum Gasteiger partial charge on any atom is 0.0415 e. The third-order valence-electron chi connectivity index (χ3n) is 4.65. The summed E-state index contributed by atoms with van der Waals surface area (Å²) in [6.45, 7) is 11.3. The van der Waals surface area contributed by atoms with E-state index in [0.717, 1.165) is 32.6 Å². The summed E-state index contributed by atoms with van der Waals surface area (Å²) in [5.41, 5.74) is 8.90. The highest BCUT2D eigenvalue weighted by Crippen LogP contribution is 2.27. The molecule has 1 aliphatic heterocycles. The standard InChI is InChI=1S/C17H29N3/c1-4-14(3)19-10-12-20(13-11-19)17-9-7-6-8-15(17)16(18)5-2/h6-9,14,16H,4-5,10-13,18H2,1-3H3/t14?,16-/m0/s1. The predicted octanol–water partition coefficient (Wildman–Crippen LogP) is 3.02. The molecule has 1 fully saturated rings. The molecule has 0 radical (unpaired) electrons. The van der Waals surface area contributed by atoms with E-state index in [9.17, 15) is 0 Å². The Morgan fingerprint density at radius 1 is 1.05 bits per heavy atom. The van der Waals surface area contributed by atoms with E-state index in [0.29, 0.717) is 6.04 Å². The second-order valence-electron chi connectivity index (χ2n) is 5.85. The summed E-state index contributed by atoms with van der Waals surface area (Å²) in [5, 5.41) is 0. The number of hydrogen-bond acceptors (Lipinski definition) is 3. The molecule has 0 aromatic heterocycles. The molecule has 0 bridgehead atoms. The number of hydrogen-bond donors (Lipinski definition) is 1. The third kappa shape index (κ3) is 3.33. The van der Waals surface area contributed by atoms with Crippen molar-refractivity contribution in [2.45, 2.75) is 45.7 Å². The Morgan fingerprint density at radius 2 is 1.70 bits per heavy atom. The van der Waals surface area contributed by atoms with Gasteiger partial charge in [0.1, 0.15) is 0 Å². The fourth-order valence-corrected chi connectivity index (χ4v) is 2.97. The average molecular weight is 275 g/mol. The Balaban J connectivity index is 2.07. The molecule has 0 saturated carbocycles. The maximum absolute atomic E-state index is 6.26. The lowest BCUT2D eigenvalue weighted by Gasteiger charge is -2.40. The monoisotopic (exact) mass is 275 g/mol. The lowest BCUT2D eigenvalue weighted by molar-refractivity contribution is 0.192. The molecule has 1 unspecified atom stereocenters. The first kappa shape index (κ1) is 15.3. The first-order chi connectivity index (χ1) is 9.67. The van der Waals surface area contributed by atoms with Crippen LogP contribution in [-0.4, -0.2) is 37.1 Å². The molecule has 20 heavy (non-hydrogen) atoms. The summed E-state index contributed by atoms with van der Waals surface area (Å²) >= 11 is 0. The van der Waals surface area contributed by atoms with Crippen molar-refractivity contribution in [1.82, 2.24) is 4.90 Å². The van der Waals surface area contributed by atoms with Gasteiger partial charge in [-0.05, 0) is 31.4 Å². The number of nitrogens with zero attached hydrogens (tertiary/aromatic N) is 2. The molecule has 0 spiro atoms. The lowest BCUT2D eigenvalue weighted by Crippen LogP contribution is -2.49. The van der Waals surface area contributed by atoms with E-state index >= 15 is 0 Å². The van der Waals surface area contributed by atoms with Gasteiger partial charge < -0.3 is 10.6 Å². The minimum atomic E-state index is 0.152. The minimum absolute atomic E-state index is 0.152. The number of piperazine rings is 1. The van der Waals surface area contributed by atoms with E-state index in [4.69, 9.17) is 5.73 Å². The molecule has 1 aromatic rings. The zero-order valence-corrected chi connectivity index (χ0v) is 13.2. The molecule has 2 N–H and O–H groups in total. The largest absolute Gasteiger partial charge is 0.369 e. The molecule has 1 saturated heterocycles. The van der Waals surface area contributed by atoms with Crippen molar-refractivity contribution in [3.8, 4) is 0 Å². The Kier molecular flexibility index (Phi) is 5.44. The highest BCUT2D eigenvalue weighted by Gasteiger charge is 2.22. The van der Waals surface area contributed by atoms with Gasteiger partial charge in [0, 0.05) is 44.0 Å². The molecule has 1 heterocycles. The molecule has 3 nitrogen and oxygen atoms in total. The van der Waals surface area contributed by atoms with E-state index in [2.05, 4.69) is 54.8 Å². The summed E-state index contributed by atoms with van der Waals surface area (Å²) in [6.07, 6.45) is 2.22. The molecule has 1 aromatic carbocycles. The van der Waals surface area contributed by atoms with Crippen molar-refractivity contribution in [1.29, 1.82) is 0 Å². The van der Waals surface area contributed by atoms with Crippen LogP contribution in [0.2, 0.25) is 0 Å². The number of benzene rings is 1. The summed E-state index contributed by atoms with van der Waals surface area (Å²) in [7, 11) is 0. The van der Waals surface area contributed by atoms with Crippen LogP contribution in [0.1, 0.15) is 45.2 Å². The summed E-state index contributed by atoms with van der Waals surface area (Å²) in [5.74, 6) is 0. The lowest BCUT2D eigenvalue weighted by atomic mass is 10.0. The fraction of sp³-hybridized carbons (Fsp3) is 0.647. The van der Waals surface area contributed by atoms with Gasteiger partial charge in [-0.2, -0.15) is 0 Å². The quantitative estimate of drug-likeness (QED) is 0.896. The normalized spacial score (nSPS) is 19.9. The number of anilines is 1. The first-order valence-corrected chi connectivity index (χ1v) is 8.00. The van der Waals surface area contributed by atoms with Crippen molar-refractivity contribution in [2.75, 3.05) is 31.1 Å². The van der Waals surface area contributed by atoms with E-state index in [1.165, 1.54) is 17.7 Å².